The van der Waals surface area contributed by atoms with Gasteiger partial charge in [0.1, 0.15) is 5.01 Å². The molecule has 0 spiro atoms. The molecular weight excluding hydrogens is 318 g/mol. The maximum absolute atomic E-state index is 4.88. The summed E-state index contributed by atoms with van der Waals surface area (Å²) in [5, 5.41) is 5.75. The van der Waals surface area contributed by atoms with Crippen LogP contribution in [-0.4, -0.2) is 24.7 Å². The highest BCUT2D eigenvalue weighted by atomic mass is 32.1. The SMILES string of the molecule is c1cncc(-c2nc3c(s2)CCc2nn(-c4cccnc4)cc2-3)c1. The minimum atomic E-state index is 0.949. The molecular formula is C18H13N5S. The van der Waals surface area contributed by atoms with Gasteiger partial charge in [-0.3, -0.25) is 9.97 Å². The summed E-state index contributed by atoms with van der Waals surface area (Å²) in [5.41, 5.74) is 5.34. The van der Waals surface area contributed by atoms with Crippen LogP contribution < -0.4 is 0 Å². The van der Waals surface area contributed by atoms with Crippen LogP contribution in [0.5, 0.6) is 0 Å². The van der Waals surface area contributed by atoms with Crippen LogP contribution in [-0.2, 0) is 12.8 Å². The molecule has 0 fully saturated rings. The lowest BCUT2D eigenvalue weighted by atomic mass is 10.0. The monoisotopic (exact) mass is 331 g/mol. The van der Waals surface area contributed by atoms with Crippen LogP contribution in [0.4, 0.5) is 0 Å². The van der Waals surface area contributed by atoms with E-state index in [0.717, 1.165) is 46.1 Å². The summed E-state index contributed by atoms with van der Waals surface area (Å²) in [6, 6.07) is 7.93. The summed E-state index contributed by atoms with van der Waals surface area (Å²) >= 11 is 1.76. The number of thiazole rings is 1. The van der Waals surface area contributed by atoms with Gasteiger partial charge >= 0.3 is 0 Å². The first-order chi connectivity index (χ1) is 11.9. The summed E-state index contributed by atoms with van der Waals surface area (Å²) in [7, 11) is 0. The van der Waals surface area contributed by atoms with E-state index in [4.69, 9.17) is 10.1 Å². The smallest absolute Gasteiger partial charge is 0.125 e. The molecule has 0 saturated carbocycles. The van der Waals surface area contributed by atoms with E-state index in [-0.39, 0.29) is 0 Å². The molecule has 0 aliphatic heterocycles. The Balaban J connectivity index is 1.61. The number of hydrogen-bond donors (Lipinski definition) is 0. The Morgan fingerprint density at radius 3 is 2.67 bits per heavy atom. The molecule has 0 unspecified atom stereocenters. The Morgan fingerprint density at radius 2 is 1.88 bits per heavy atom. The Kier molecular flexibility index (Phi) is 3.02. The van der Waals surface area contributed by atoms with Gasteiger partial charge in [-0.05, 0) is 37.1 Å². The third-order valence-corrected chi connectivity index (χ3v) is 5.32. The van der Waals surface area contributed by atoms with Gasteiger partial charge in [-0.15, -0.1) is 11.3 Å². The molecule has 6 heteroatoms. The predicted molar refractivity (Wildman–Crippen MR) is 93.1 cm³/mol. The van der Waals surface area contributed by atoms with Crippen LogP contribution >= 0.6 is 11.3 Å². The van der Waals surface area contributed by atoms with Crippen molar-refractivity contribution < 1.29 is 0 Å². The topological polar surface area (TPSA) is 56.5 Å². The Labute approximate surface area is 142 Å². The molecule has 1 aliphatic carbocycles. The van der Waals surface area contributed by atoms with Gasteiger partial charge in [-0.25, -0.2) is 9.67 Å². The maximum atomic E-state index is 4.88. The molecule has 0 N–H and O–H groups in total. The Bertz CT molecular complexity index is 921. The summed E-state index contributed by atoms with van der Waals surface area (Å²) < 4.78 is 1.90. The highest BCUT2D eigenvalue weighted by Crippen LogP contribution is 2.39. The molecule has 5 nitrogen and oxygen atoms in total. The van der Waals surface area contributed by atoms with Crippen LogP contribution in [0.15, 0.2) is 55.2 Å². The van der Waals surface area contributed by atoms with Gasteiger partial charge in [0.15, 0.2) is 0 Å². The van der Waals surface area contributed by atoms with E-state index in [2.05, 4.69) is 22.2 Å². The normalized spacial score (nSPS) is 12.7. The first-order valence-corrected chi connectivity index (χ1v) is 8.59. The molecule has 0 atom stereocenters. The summed E-state index contributed by atoms with van der Waals surface area (Å²) in [4.78, 5) is 14.6. The van der Waals surface area contributed by atoms with Crippen molar-refractivity contribution in [3.05, 3.63) is 65.8 Å². The number of nitrogens with zero attached hydrogens (tertiary/aromatic N) is 5. The number of fused-ring (bicyclic) bond motifs is 3. The van der Waals surface area contributed by atoms with Gasteiger partial charge in [0.05, 0.1) is 23.3 Å². The third-order valence-electron chi connectivity index (χ3n) is 4.15. The van der Waals surface area contributed by atoms with Crippen molar-refractivity contribution in [1.29, 1.82) is 0 Å². The van der Waals surface area contributed by atoms with Gasteiger partial charge in [0, 0.05) is 40.8 Å². The van der Waals surface area contributed by atoms with Crippen molar-refractivity contribution in [3.8, 4) is 27.5 Å². The largest absolute Gasteiger partial charge is 0.264 e. The Hall–Kier alpha value is -2.86. The molecule has 24 heavy (non-hydrogen) atoms. The molecule has 0 bridgehead atoms. The highest BCUT2D eigenvalue weighted by molar-refractivity contribution is 7.15. The van der Waals surface area contributed by atoms with Gasteiger partial charge in [0.2, 0.25) is 0 Å². The minimum Gasteiger partial charge on any atom is -0.264 e. The molecule has 0 amide bonds. The number of pyridine rings is 2. The van der Waals surface area contributed by atoms with Crippen LogP contribution in [0.2, 0.25) is 0 Å². The number of rotatable bonds is 2. The summed E-state index contributed by atoms with van der Waals surface area (Å²) in [6.07, 6.45) is 11.2. The molecule has 4 heterocycles. The number of aromatic nitrogens is 5. The zero-order chi connectivity index (χ0) is 15.9. The summed E-state index contributed by atoms with van der Waals surface area (Å²) in [6.45, 7) is 0. The third kappa shape index (κ3) is 2.15. The van der Waals surface area contributed by atoms with Crippen molar-refractivity contribution in [3.63, 3.8) is 0 Å². The quantitative estimate of drug-likeness (QED) is 0.564. The van der Waals surface area contributed by atoms with Crippen molar-refractivity contribution >= 4 is 11.3 Å². The first kappa shape index (κ1) is 13.6. The second-order valence-corrected chi connectivity index (χ2v) is 6.76. The van der Waals surface area contributed by atoms with E-state index in [1.165, 1.54) is 4.88 Å². The fourth-order valence-corrected chi connectivity index (χ4v) is 4.06. The molecule has 116 valence electrons. The average molecular weight is 331 g/mol. The van der Waals surface area contributed by atoms with Crippen molar-refractivity contribution in [1.82, 2.24) is 24.7 Å². The number of hydrogen-bond acceptors (Lipinski definition) is 5. The van der Waals surface area contributed by atoms with Gasteiger partial charge in [0.25, 0.3) is 0 Å². The van der Waals surface area contributed by atoms with Gasteiger partial charge in [-0.2, -0.15) is 5.10 Å². The second-order valence-electron chi connectivity index (χ2n) is 5.68. The highest BCUT2D eigenvalue weighted by Gasteiger charge is 2.24. The lowest BCUT2D eigenvalue weighted by Gasteiger charge is -2.07. The lowest BCUT2D eigenvalue weighted by molar-refractivity contribution is 0.814. The second kappa shape index (κ2) is 5.35. The molecule has 0 saturated heterocycles. The summed E-state index contributed by atoms with van der Waals surface area (Å²) in [5.74, 6) is 0. The van der Waals surface area contributed by atoms with Gasteiger partial charge in [-0.1, -0.05) is 0 Å². The van der Waals surface area contributed by atoms with E-state index in [1.807, 2.05) is 35.3 Å². The lowest BCUT2D eigenvalue weighted by Crippen LogP contribution is -2.01. The van der Waals surface area contributed by atoms with Crippen LogP contribution in [0, 0.1) is 0 Å². The van der Waals surface area contributed by atoms with E-state index < -0.39 is 0 Å². The van der Waals surface area contributed by atoms with E-state index in [0.29, 0.717) is 0 Å². The molecule has 5 rings (SSSR count). The van der Waals surface area contributed by atoms with Crippen LogP contribution in [0.3, 0.4) is 0 Å². The predicted octanol–water partition coefficient (Wildman–Crippen LogP) is 3.55. The van der Waals surface area contributed by atoms with Crippen molar-refractivity contribution in [2.75, 3.05) is 0 Å². The van der Waals surface area contributed by atoms with Crippen molar-refractivity contribution in [2.45, 2.75) is 12.8 Å². The van der Waals surface area contributed by atoms with Crippen molar-refractivity contribution in [2.24, 2.45) is 0 Å². The van der Waals surface area contributed by atoms with Crippen LogP contribution in [0.1, 0.15) is 10.6 Å². The van der Waals surface area contributed by atoms with E-state index >= 15 is 0 Å². The Morgan fingerprint density at radius 1 is 1.00 bits per heavy atom. The number of aryl methyl sites for hydroxylation is 2. The van der Waals surface area contributed by atoms with E-state index in [9.17, 15) is 0 Å². The first-order valence-electron chi connectivity index (χ1n) is 7.78. The maximum Gasteiger partial charge on any atom is 0.125 e. The standard InChI is InChI=1S/C18H13N5S/c1-3-12(9-19-7-1)18-21-17-14-11-23(13-4-2-8-20-10-13)22-15(14)5-6-16(17)24-18/h1-4,7-11H,5-6H2. The van der Waals surface area contributed by atoms with Gasteiger partial charge < -0.3 is 0 Å². The fraction of sp³-hybridized carbons (Fsp3) is 0.111. The molecule has 0 aromatic carbocycles. The zero-order valence-corrected chi connectivity index (χ0v) is 13.6. The average Bonchev–Trinajstić information content (AvgIpc) is 3.27. The minimum absolute atomic E-state index is 0.949. The molecule has 4 aromatic rings. The molecule has 0 radical (unpaired) electrons. The fourth-order valence-electron chi connectivity index (χ4n) is 2.99. The molecule has 4 aromatic heterocycles. The van der Waals surface area contributed by atoms with Crippen LogP contribution in [0.25, 0.3) is 27.5 Å². The van der Waals surface area contributed by atoms with E-state index in [1.54, 1.807) is 23.7 Å². The molecule has 1 aliphatic rings. The zero-order valence-electron chi connectivity index (χ0n) is 12.8.